The molecule has 1 unspecified atom stereocenters. The van der Waals surface area contributed by atoms with Crippen molar-refractivity contribution < 1.29 is 9.53 Å². The summed E-state index contributed by atoms with van der Waals surface area (Å²) in [5.41, 5.74) is 1.18. The number of hydrogen-bond donors (Lipinski definition) is 1. The van der Waals surface area contributed by atoms with Crippen LogP contribution in [0.15, 0.2) is 54.6 Å². The summed E-state index contributed by atoms with van der Waals surface area (Å²) in [7, 11) is 1.66. The van der Waals surface area contributed by atoms with Crippen LogP contribution in [0.5, 0.6) is 5.75 Å². The van der Waals surface area contributed by atoms with Gasteiger partial charge in [-0.25, -0.2) is 0 Å². The highest BCUT2D eigenvalue weighted by molar-refractivity contribution is 7.20. The topological polar surface area (TPSA) is 38.3 Å². The normalized spacial score (nSPS) is 12.1. The third-order valence-corrected chi connectivity index (χ3v) is 4.84. The Kier molecular flexibility index (Phi) is 4.63. The molecule has 0 bridgehead atoms. The first-order valence-electron chi connectivity index (χ1n) is 7.58. The Labute approximate surface area is 139 Å². The maximum atomic E-state index is 12.4. The minimum atomic E-state index is -0.00721. The van der Waals surface area contributed by atoms with Gasteiger partial charge < -0.3 is 10.1 Å². The van der Waals surface area contributed by atoms with Gasteiger partial charge in [-0.15, -0.1) is 11.3 Å². The summed E-state index contributed by atoms with van der Waals surface area (Å²) in [6.07, 6.45) is 0.792. The number of thiophene rings is 1. The molecule has 3 rings (SSSR count). The number of ether oxygens (including phenoxy) is 1. The molecule has 0 aliphatic carbocycles. The van der Waals surface area contributed by atoms with Gasteiger partial charge >= 0.3 is 0 Å². The molecule has 0 fully saturated rings. The molecule has 1 N–H and O–H groups in total. The molecule has 1 aromatic heterocycles. The number of nitrogens with one attached hydrogen (secondary N) is 1. The van der Waals surface area contributed by atoms with E-state index >= 15 is 0 Å². The molecule has 1 atom stereocenters. The molecule has 118 valence electrons. The Balaban J connectivity index is 1.64. The van der Waals surface area contributed by atoms with Crippen molar-refractivity contribution in [2.75, 3.05) is 7.11 Å². The average Bonchev–Trinajstić information content (AvgIpc) is 2.99. The van der Waals surface area contributed by atoms with Crippen LogP contribution in [0.25, 0.3) is 10.1 Å². The summed E-state index contributed by atoms with van der Waals surface area (Å²) in [4.78, 5) is 13.2. The van der Waals surface area contributed by atoms with Gasteiger partial charge in [0.05, 0.1) is 12.0 Å². The summed E-state index contributed by atoms with van der Waals surface area (Å²) < 4.78 is 6.30. The first kappa shape index (κ1) is 15.6. The number of amides is 1. The van der Waals surface area contributed by atoms with Crippen LogP contribution in [0.2, 0.25) is 0 Å². The summed E-state index contributed by atoms with van der Waals surface area (Å²) >= 11 is 1.53. The van der Waals surface area contributed by atoms with Crippen LogP contribution in [0.3, 0.4) is 0 Å². The highest BCUT2D eigenvalue weighted by atomic mass is 32.1. The maximum absolute atomic E-state index is 12.4. The predicted molar refractivity (Wildman–Crippen MR) is 95.5 cm³/mol. The Morgan fingerprint density at radius 1 is 1.17 bits per heavy atom. The second-order valence-corrected chi connectivity index (χ2v) is 6.66. The molecule has 0 spiro atoms. The zero-order valence-corrected chi connectivity index (χ0v) is 14.0. The van der Waals surface area contributed by atoms with Crippen molar-refractivity contribution >= 4 is 27.3 Å². The van der Waals surface area contributed by atoms with Crippen LogP contribution < -0.4 is 10.1 Å². The second kappa shape index (κ2) is 6.84. The Morgan fingerprint density at radius 2 is 1.91 bits per heavy atom. The SMILES string of the molecule is COc1ccc(CC(C)NC(=O)c2cc3ccccc3s2)cc1. The molecule has 23 heavy (non-hydrogen) atoms. The molecule has 0 saturated carbocycles. The van der Waals surface area contributed by atoms with Gasteiger partial charge in [-0.1, -0.05) is 30.3 Å². The molecule has 3 aromatic rings. The predicted octanol–water partition coefficient (Wildman–Crippen LogP) is 4.27. The number of benzene rings is 2. The van der Waals surface area contributed by atoms with Crippen LogP contribution in [0.1, 0.15) is 22.2 Å². The Bertz CT molecular complexity index is 775. The molecule has 0 radical (unpaired) electrons. The van der Waals surface area contributed by atoms with E-state index in [0.29, 0.717) is 0 Å². The van der Waals surface area contributed by atoms with E-state index in [0.717, 1.165) is 27.1 Å². The van der Waals surface area contributed by atoms with Crippen molar-refractivity contribution in [3.8, 4) is 5.75 Å². The van der Waals surface area contributed by atoms with Crippen LogP contribution in [0, 0.1) is 0 Å². The fourth-order valence-corrected chi connectivity index (χ4v) is 3.52. The molecule has 4 heteroatoms. The first-order chi connectivity index (χ1) is 11.2. The lowest BCUT2D eigenvalue weighted by Crippen LogP contribution is -2.33. The first-order valence-corrected chi connectivity index (χ1v) is 8.40. The number of hydrogen-bond acceptors (Lipinski definition) is 3. The van der Waals surface area contributed by atoms with E-state index in [4.69, 9.17) is 4.74 Å². The van der Waals surface area contributed by atoms with E-state index in [1.165, 1.54) is 16.9 Å². The van der Waals surface area contributed by atoms with Gasteiger partial charge in [-0.3, -0.25) is 4.79 Å². The fraction of sp³-hybridized carbons (Fsp3) is 0.211. The monoisotopic (exact) mass is 325 g/mol. The van der Waals surface area contributed by atoms with E-state index in [-0.39, 0.29) is 11.9 Å². The van der Waals surface area contributed by atoms with Crippen molar-refractivity contribution in [3.05, 3.63) is 65.0 Å². The van der Waals surface area contributed by atoms with Gasteiger partial charge in [-0.05, 0) is 48.6 Å². The smallest absolute Gasteiger partial charge is 0.261 e. The average molecular weight is 325 g/mol. The zero-order valence-electron chi connectivity index (χ0n) is 13.2. The Morgan fingerprint density at radius 3 is 2.61 bits per heavy atom. The number of methoxy groups -OCH3 is 1. The van der Waals surface area contributed by atoms with Crippen LogP contribution in [-0.4, -0.2) is 19.1 Å². The number of fused-ring (bicyclic) bond motifs is 1. The third-order valence-electron chi connectivity index (χ3n) is 3.73. The highest BCUT2D eigenvalue weighted by Gasteiger charge is 2.13. The molecule has 0 aliphatic rings. The molecular weight excluding hydrogens is 306 g/mol. The lowest BCUT2D eigenvalue weighted by molar-refractivity contribution is 0.0944. The molecule has 1 heterocycles. The van der Waals surface area contributed by atoms with Crippen molar-refractivity contribution in [1.29, 1.82) is 0 Å². The molecule has 1 amide bonds. The van der Waals surface area contributed by atoms with Gasteiger partial charge in [0.15, 0.2) is 0 Å². The van der Waals surface area contributed by atoms with E-state index in [2.05, 4.69) is 5.32 Å². The second-order valence-electron chi connectivity index (χ2n) is 5.58. The van der Waals surface area contributed by atoms with E-state index in [1.54, 1.807) is 7.11 Å². The van der Waals surface area contributed by atoms with Gasteiger partial charge in [-0.2, -0.15) is 0 Å². The van der Waals surface area contributed by atoms with Crippen molar-refractivity contribution in [1.82, 2.24) is 5.32 Å². The lowest BCUT2D eigenvalue weighted by Gasteiger charge is -2.13. The van der Waals surface area contributed by atoms with Gasteiger partial charge in [0.1, 0.15) is 5.75 Å². The standard InChI is InChI=1S/C19H19NO2S/c1-13(11-14-7-9-16(22-2)10-8-14)20-19(21)18-12-15-5-3-4-6-17(15)23-18/h3-10,12-13H,11H2,1-2H3,(H,20,21). The van der Waals surface area contributed by atoms with Crippen LogP contribution in [-0.2, 0) is 6.42 Å². The van der Waals surface area contributed by atoms with Crippen LogP contribution >= 0.6 is 11.3 Å². The molecule has 2 aromatic carbocycles. The summed E-state index contributed by atoms with van der Waals surface area (Å²) in [6.45, 7) is 2.02. The van der Waals surface area contributed by atoms with Gasteiger partial charge in [0.2, 0.25) is 0 Å². The third kappa shape index (κ3) is 3.71. The van der Waals surface area contributed by atoms with Crippen molar-refractivity contribution in [2.45, 2.75) is 19.4 Å². The summed E-state index contributed by atoms with van der Waals surface area (Å²) in [5.74, 6) is 0.836. The minimum absolute atomic E-state index is 0.00721. The van der Waals surface area contributed by atoms with Gasteiger partial charge in [0.25, 0.3) is 5.91 Å². The van der Waals surface area contributed by atoms with E-state index in [9.17, 15) is 4.79 Å². The summed E-state index contributed by atoms with van der Waals surface area (Å²) in [6, 6.07) is 18.0. The van der Waals surface area contributed by atoms with Gasteiger partial charge in [0, 0.05) is 10.7 Å². The Hall–Kier alpha value is -2.33. The van der Waals surface area contributed by atoms with E-state index < -0.39 is 0 Å². The summed E-state index contributed by atoms with van der Waals surface area (Å²) in [5, 5.41) is 4.19. The number of rotatable bonds is 5. The maximum Gasteiger partial charge on any atom is 0.261 e. The quantitative estimate of drug-likeness (QED) is 0.761. The molecule has 3 nitrogen and oxygen atoms in total. The highest BCUT2D eigenvalue weighted by Crippen LogP contribution is 2.25. The number of carbonyl (C=O) groups is 1. The minimum Gasteiger partial charge on any atom is -0.497 e. The molecule has 0 aliphatic heterocycles. The van der Waals surface area contributed by atoms with Crippen molar-refractivity contribution in [3.63, 3.8) is 0 Å². The fourth-order valence-electron chi connectivity index (χ4n) is 2.55. The van der Waals surface area contributed by atoms with E-state index in [1.807, 2.05) is 61.5 Å². The largest absolute Gasteiger partial charge is 0.497 e. The molecule has 0 saturated heterocycles. The zero-order chi connectivity index (χ0) is 16.2. The van der Waals surface area contributed by atoms with Crippen LogP contribution in [0.4, 0.5) is 0 Å². The lowest BCUT2D eigenvalue weighted by atomic mass is 10.1. The van der Waals surface area contributed by atoms with Crippen molar-refractivity contribution in [2.24, 2.45) is 0 Å². The molecular formula is C19H19NO2S. The number of carbonyl (C=O) groups excluding carboxylic acids is 1.